The van der Waals surface area contributed by atoms with E-state index in [9.17, 15) is 10.2 Å². The summed E-state index contributed by atoms with van der Waals surface area (Å²) < 4.78 is 12.1. The number of ether oxygens (including phenoxy) is 2. The first-order chi connectivity index (χ1) is 18.0. The van der Waals surface area contributed by atoms with E-state index >= 15 is 0 Å². The number of methoxy groups -OCH3 is 1. The average molecular weight is 641 g/mol. The number of hydrogen-bond acceptors (Lipinski definition) is 4. The summed E-state index contributed by atoms with van der Waals surface area (Å²) in [6.07, 6.45) is 18.3. The number of aliphatic hydroxyl groups excluding tert-OH is 2. The van der Waals surface area contributed by atoms with Crippen molar-refractivity contribution in [3.05, 3.63) is 35.5 Å². The van der Waals surface area contributed by atoms with Gasteiger partial charge < -0.3 is 19.7 Å². The van der Waals surface area contributed by atoms with Gasteiger partial charge in [-0.3, -0.25) is 0 Å². The van der Waals surface area contributed by atoms with Gasteiger partial charge in [0.2, 0.25) is 0 Å². The number of hydrogen-bond donors (Lipinski definition) is 2. The van der Waals surface area contributed by atoms with Gasteiger partial charge >= 0.3 is 0 Å². The van der Waals surface area contributed by atoms with E-state index in [0.29, 0.717) is 42.3 Å². The summed E-state index contributed by atoms with van der Waals surface area (Å²) >= 11 is 2.55. The van der Waals surface area contributed by atoms with E-state index in [2.05, 4.69) is 81.5 Å². The fourth-order valence-corrected chi connectivity index (χ4v) is 9.62. The maximum atomic E-state index is 11.2. The molecule has 4 aliphatic rings. The molecule has 0 heterocycles. The summed E-state index contributed by atoms with van der Waals surface area (Å²) in [5, 5.41) is 21.5. The summed E-state index contributed by atoms with van der Waals surface area (Å²) in [6, 6.07) is 0. The highest BCUT2D eigenvalue weighted by Crippen LogP contribution is 2.66. The zero-order valence-corrected chi connectivity index (χ0v) is 26.9. The molecule has 0 radical (unpaired) electrons. The fourth-order valence-electron chi connectivity index (χ4n) is 8.90. The number of fused-ring (bicyclic) bond motifs is 5. The molecule has 4 nitrogen and oxygen atoms in total. The maximum Gasteiger partial charge on any atom is 0.147 e. The zero-order valence-electron chi connectivity index (χ0n) is 24.7. The minimum atomic E-state index is -0.449. The smallest absolute Gasteiger partial charge is 0.147 e. The molecule has 0 unspecified atom stereocenters. The summed E-state index contributed by atoms with van der Waals surface area (Å²) in [7, 11) is 1.68. The van der Waals surface area contributed by atoms with Gasteiger partial charge in [0, 0.05) is 23.4 Å². The normalized spacial score (nSPS) is 38.7. The lowest BCUT2D eigenvalue weighted by atomic mass is 9.49. The SMILES string of the molecule is COCOC(C)(C)CC/C=C/[C@H](CCI)[C@H](C)[C@H]1CC[C@H]2C3=CC=C4C[C@@H](O)C[C@H](O)[C@]4(C)[C@H]3CC[C@]12C. The molecule has 4 aliphatic carbocycles. The van der Waals surface area contributed by atoms with Crippen molar-refractivity contribution in [1.82, 2.24) is 0 Å². The van der Waals surface area contributed by atoms with Crippen molar-refractivity contribution in [3.63, 3.8) is 0 Å². The van der Waals surface area contributed by atoms with Crippen molar-refractivity contribution in [3.8, 4) is 0 Å². The molecule has 38 heavy (non-hydrogen) atoms. The number of aliphatic hydroxyl groups is 2. The van der Waals surface area contributed by atoms with Crippen molar-refractivity contribution in [2.75, 3.05) is 18.3 Å². The number of halogens is 1. The van der Waals surface area contributed by atoms with Crippen LogP contribution in [0.5, 0.6) is 0 Å². The number of rotatable bonds is 11. The minimum Gasteiger partial charge on any atom is -0.393 e. The second-order valence-electron chi connectivity index (χ2n) is 13.9. The molecule has 216 valence electrons. The van der Waals surface area contributed by atoms with Crippen molar-refractivity contribution < 1.29 is 19.7 Å². The molecule has 0 aromatic carbocycles. The monoisotopic (exact) mass is 640 g/mol. The summed E-state index contributed by atoms with van der Waals surface area (Å²) in [6.45, 7) is 12.0. The van der Waals surface area contributed by atoms with E-state index in [1.165, 1.54) is 35.7 Å². The van der Waals surface area contributed by atoms with E-state index in [0.717, 1.165) is 31.6 Å². The molecule has 0 bridgehead atoms. The predicted octanol–water partition coefficient (Wildman–Crippen LogP) is 7.63. The molecule has 2 N–H and O–H groups in total. The van der Waals surface area contributed by atoms with E-state index in [1.807, 2.05) is 0 Å². The Morgan fingerprint density at radius 1 is 1.16 bits per heavy atom. The molecule has 3 fully saturated rings. The maximum absolute atomic E-state index is 11.2. The van der Waals surface area contributed by atoms with Crippen LogP contribution in [-0.2, 0) is 9.47 Å². The Morgan fingerprint density at radius 2 is 1.92 bits per heavy atom. The molecule has 0 spiro atoms. The van der Waals surface area contributed by atoms with Gasteiger partial charge in [-0.05, 0) is 100 Å². The Hall–Kier alpha value is -0.210. The van der Waals surface area contributed by atoms with Crippen LogP contribution in [-0.4, -0.2) is 46.4 Å². The van der Waals surface area contributed by atoms with Crippen molar-refractivity contribution in [2.45, 2.75) is 110 Å². The topological polar surface area (TPSA) is 58.9 Å². The Morgan fingerprint density at radius 3 is 2.63 bits per heavy atom. The quantitative estimate of drug-likeness (QED) is 0.106. The molecule has 5 heteroatoms. The molecule has 3 saturated carbocycles. The van der Waals surface area contributed by atoms with Crippen LogP contribution in [0.15, 0.2) is 35.5 Å². The van der Waals surface area contributed by atoms with Gasteiger partial charge in [-0.25, -0.2) is 0 Å². The van der Waals surface area contributed by atoms with Crippen LogP contribution in [0.1, 0.15) is 92.4 Å². The molecule has 9 atom stereocenters. The molecule has 0 aromatic rings. The fraction of sp³-hybridized carbons (Fsp3) is 0.818. The van der Waals surface area contributed by atoms with Gasteiger partial charge in [0.1, 0.15) is 6.79 Å². The van der Waals surface area contributed by atoms with Crippen LogP contribution in [0.25, 0.3) is 0 Å². The standard InChI is InChI=1S/C33H53IO4/c1-22(23(15-18-34)9-7-8-16-31(2,3)38-21-37-6)27-12-13-28-26-11-10-24-19-25(35)20-30(36)33(24,5)29(26)14-17-32(27,28)4/h7,9-11,22-23,25,27-30,35-36H,8,12-21H2,1-6H3/b9-7+/t22-,23+,25+,27+,28-,29-,30-,32+,33-/m0/s1. The largest absolute Gasteiger partial charge is 0.393 e. The lowest BCUT2D eigenvalue weighted by Gasteiger charge is -2.56. The number of alkyl halides is 1. The average Bonchev–Trinajstić information content (AvgIpc) is 3.22. The van der Waals surface area contributed by atoms with Gasteiger partial charge in [0.25, 0.3) is 0 Å². The molecule has 0 saturated heterocycles. The Kier molecular flexibility index (Phi) is 9.99. The first kappa shape index (κ1) is 30.7. The van der Waals surface area contributed by atoms with E-state index in [-0.39, 0.29) is 11.0 Å². The molecule has 0 aromatic heterocycles. The van der Waals surface area contributed by atoms with Gasteiger partial charge in [-0.15, -0.1) is 0 Å². The highest BCUT2D eigenvalue weighted by Gasteiger charge is 2.59. The van der Waals surface area contributed by atoms with Crippen molar-refractivity contribution in [1.29, 1.82) is 0 Å². The van der Waals surface area contributed by atoms with Gasteiger partial charge in [0.15, 0.2) is 0 Å². The van der Waals surface area contributed by atoms with Crippen LogP contribution < -0.4 is 0 Å². The third kappa shape index (κ3) is 5.89. The third-order valence-corrected chi connectivity index (χ3v) is 12.0. The van der Waals surface area contributed by atoms with E-state index < -0.39 is 12.2 Å². The van der Waals surface area contributed by atoms with Crippen LogP contribution in [0.3, 0.4) is 0 Å². The van der Waals surface area contributed by atoms with Crippen LogP contribution in [0.2, 0.25) is 0 Å². The van der Waals surface area contributed by atoms with Crippen LogP contribution in [0, 0.1) is 40.4 Å². The third-order valence-electron chi connectivity index (χ3n) is 11.3. The van der Waals surface area contributed by atoms with Gasteiger partial charge in [-0.1, -0.05) is 78.8 Å². The minimum absolute atomic E-state index is 0.168. The lowest BCUT2D eigenvalue weighted by Crippen LogP contribution is -2.52. The highest BCUT2D eigenvalue weighted by molar-refractivity contribution is 14.1. The zero-order chi connectivity index (χ0) is 27.7. The Labute approximate surface area is 245 Å². The van der Waals surface area contributed by atoms with Crippen molar-refractivity contribution >= 4 is 22.6 Å². The highest BCUT2D eigenvalue weighted by atomic mass is 127. The second-order valence-corrected chi connectivity index (χ2v) is 14.9. The van der Waals surface area contributed by atoms with Gasteiger partial charge in [-0.2, -0.15) is 0 Å². The Balaban J connectivity index is 1.48. The van der Waals surface area contributed by atoms with E-state index in [4.69, 9.17) is 9.47 Å². The Bertz CT molecular complexity index is 909. The first-order valence-corrected chi connectivity index (χ1v) is 16.6. The molecule has 0 amide bonds. The lowest BCUT2D eigenvalue weighted by molar-refractivity contribution is -0.116. The molecule has 0 aliphatic heterocycles. The van der Waals surface area contributed by atoms with Crippen LogP contribution >= 0.6 is 22.6 Å². The van der Waals surface area contributed by atoms with Gasteiger partial charge in [0.05, 0.1) is 17.8 Å². The second kappa shape index (κ2) is 12.3. The molecular weight excluding hydrogens is 587 g/mol. The summed E-state index contributed by atoms with van der Waals surface area (Å²) in [5.74, 6) is 3.03. The predicted molar refractivity (Wildman–Crippen MR) is 164 cm³/mol. The molecular formula is C33H53IO4. The summed E-state index contributed by atoms with van der Waals surface area (Å²) in [5.41, 5.74) is 2.83. The van der Waals surface area contributed by atoms with Crippen LogP contribution in [0.4, 0.5) is 0 Å². The molecule has 4 rings (SSSR count). The van der Waals surface area contributed by atoms with Crippen molar-refractivity contribution in [2.24, 2.45) is 40.4 Å². The summed E-state index contributed by atoms with van der Waals surface area (Å²) in [4.78, 5) is 0. The van der Waals surface area contributed by atoms with E-state index in [1.54, 1.807) is 12.7 Å². The number of allylic oxidation sites excluding steroid dienone is 5. The first-order valence-electron chi connectivity index (χ1n) is 15.1.